The van der Waals surface area contributed by atoms with Gasteiger partial charge in [0.1, 0.15) is 11.4 Å². The van der Waals surface area contributed by atoms with Crippen LogP contribution in [-0.2, 0) is 9.53 Å². The van der Waals surface area contributed by atoms with Gasteiger partial charge in [-0.25, -0.2) is 4.39 Å². The van der Waals surface area contributed by atoms with Crippen molar-refractivity contribution in [1.29, 1.82) is 0 Å². The van der Waals surface area contributed by atoms with Crippen molar-refractivity contribution in [2.75, 3.05) is 25.6 Å². The fraction of sp³-hybridized carbons (Fsp3) is 0.441. The zero-order chi connectivity index (χ0) is 27.4. The molecule has 3 aliphatic carbocycles. The molecule has 202 valence electrons. The van der Waals surface area contributed by atoms with Crippen molar-refractivity contribution in [3.63, 3.8) is 0 Å². The molecule has 0 aromatic heterocycles. The molecule has 2 aromatic rings. The average molecular weight is 526 g/mol. The van der Waals surface area contributed by atoms with Crippen molar-refractivity contribution in [3.8, 4) is 11.8 Å². The number of fused-ring (bicyclic) bond motifs is 4. The summed E-state index contributed by atoms with van der Waals surface area (Å²) in [5.74, 6) is 6.40. The molecular weight excluding hydrogens is 489 g/mol. The lowest BCUT2D eigenvalue weighted by molar-refractivity contribution is -0.128. The molecule has 0 bridgehead atoms. The molecule has 39 heavy (non-hydrogen) atoms. The van der Waals surface area contributed by atoms with Gasteiger partial charge in [0.2, 0.25) is 0 Å². The molecule has 1 saturated heterocycles. The van der Waals surface area contributed by atoms with Gasteiger partial charge in [0.15, 0.2) is 5.78 Å². The summed E-state index contributed by atoms with van der Waals surface area (Å²) in [6.45, 7) is 2.58. The first-order chi connectivity index (χ1) is 18.7. The summed E-state index contributed by atoms with van der Waals surface area (Å²) in [5, 5.41) is 12.4. The van der Waals surface area contributed by atoms with Gasteiger partial charge >= 0.3 is 0 Å². The highest BCUT2D eigenvalue weighted by molar-refractivity contribution is 6.02. The third-order valence-corrected chi connectivity index (χ3v) is 9.43. The van der Waals surface area contributed by atoms with Crippen LogP contribution in [0.2, 0.25) is 0 Å². The van der Waals surface area contributed by atoms with E-state index in [9.17, 15) is 14.3 Å². The number of halogens is 1. The second-order valence-electron chi connectivity index (χ2n) is 12.1. The lowest BCUT2D eigenvalue weighted by Gasteiger charge is -2.51. The molecule has 1 heterocycles. The van der Waals surface area contributed by atoms with E-state index in [1.165, 1.54) is 12.1 Å². The molecule has 0 saturated carbocycles. The molecule has 5 atom stereocenters. The number of carbonyl (C=O) groups excluding carboxylic acids is 1. The zero-order valence-electron chi connectivity index (χ0n) is 23.0. The molecular formula is C34H36FNO3. The second-order valence-corrected chi connectivity index (χ2v) is 12.1. The van der Waals surface area contributed by atoms with E-state index < -0.39 is 11.0 Å². The van der Waals surface area contributed by atoms with Crippen LogP contribution >= 0.6 is 0 Å². The van der Waals surface area contributed by atoms with E-state index in [1.807, 2.05) is 14.1 Å². The first-order valence-corrected chi connectivity index (χ1v) is 14.1. The van der Waals surface area contributed by atoms with E-state index in [-0.39, 0.29) is 29.5 Å². The van der Waals surface area contributed by atoms with E-state index in [4.69, 9.17) is 4.74 Å². The van der Waals surface area contributed by atoms with Crippen LogP contribution in [0.4, 0.5) is 10.1 Å². The summed E-state index contributed by atoms with van der Waals surface area (Å²) in [4.78, 5) is 16.0. The fourth-order valence-corrected chi connectivity index (χ4v) is 7.23. The minimum atomic E-state index is -1.46. The molecule has 4 aliphatic rings. The molecule has 0 spiro atoms. The Balaban J connectivity index is 1.41. The van der Waals surface area contributed by atoms with Gasteiger partial charge in [-0.3, -0.25) is 4.79 Å². The normalized spacial score (nSPS) is 31.8. The van der Waals surface area contributed by atoms with Crippen LogP contribution in [-0.4, -0.2) is 37.2 Å². The van der Waals surface area contributed by atoms with E-state index in [2.05, 4.69) is 54.0 Å². The first kappa shape index (κ1) is 26.0. The molecule has 2 aromatic carbocycles. The summed E-state index contributed by atoms with van der Waals surface area (Å²) < 4.78 is 20.1. The number of hydrogen-bond acceptors (Lipinski definition) is 4. The highest BCUT2D eigenvalue weighted by Gasteiger charge is 2.56. The van der Waals surface area contributed by atoms with E-state index in [1.54, 1.807) is 12.1 Å². The highest BCUT2D eigenvalue weighted by atomic mass is 19.1. The van der Waals surface area contributed by atoms with Gasteiger partial charge in [0, 0.05) is 42.8 Å². The Morgan fingerprint density at radius 3 is 2.54 bits per heavy atom. The molecule has 1 fully saturated rings. The van der Waals surface area contributed by atoms with Gasteiger partial charge in [-0.05, 0) is 97.0 Å². The van der Waals surface area contributed by atoms with Gasteiger partial charge < -0.3 is 14.7 Å². The summed E-state index contributed by atoms with van der Waals surface area (Å²) in [7, 11) is 4.04. The number of anilines is 1. The van der Waals surface area contributed by atoms with Gasteiger partial charge in [0.05, 0.1) is 12.7 Å². The number of ketones is 1. The highest BCUT2D eigenvalue weighted by Crippen LogP contribution is 2.59. The summed E-state index contributed by atoms with van der Waals surface area (Å²) in [5.41, 5.74) is 3.47. The van der Waals surface area contributed by atoms with Crippen LogP contribution in [0.5, 0.6) is 0 Å². The molecule has 4 nitrogen and oxygen atoms in total. The molecule has 5 unspecified atom stereocenters. The smallest absolute Gasteiger partial charge is 0.163 e. The van der Waals surface area contributed by atoms with Gasteiger partial charge in [-0.15, -0.1) is 0 Å². The number of aliphatic hydroxyl groups is 1. The molecule has 0 radical (unpaired) electrons. The van der Waals surface area contributed by atoms with Gasteiger partial charge in [-0.2, -0.15) is 0 Å². The lowest BCUT2D eigenvalue weighted by Crippen LogP contribution is -2.51. The van der Waals surface area contributed by atoms with Crippen LogP contribution in [0.15, 0.2) is 71.3 Å². The predicted molar refractivity (Wildman–Crippen MR) is 151 cm³/mol. The van der Waals surface area contributed by atoms with Gasteiger partial charge in [-0.1, -0.05) is 37.0 Å². The number of Topliss-reactive ketones (excluding diaryl/α,β-unsaturated/α-hetero) is 1. The lowest BCUT2D eigenvalue weighted by atomic mass is 9.56. The number of nitrogens with zero attached hydrogens (tertiary/aromatic N) is 1. The molecule has 6 rings (SSSR count). The number of carbonyl (C=O) groups is 1. The van der Waals surface area contributed by atoms with E-state index >= 15 is 0 Å². The molecule has 1 aliphatic heterocycles. The first-order valence-electron chi connectivity index (χ1n) is 14.1. The fourth-order valence-electron chi connectivity index (χ4n) is 7.23. The third-order valence-electron chi connectivity index (χ3n) is 9.43. The van der Waals surface area contributed by atoms with Crippen molar-refractivity contribution in [2.24, 2.45) is 17.3 Å². The Bertz CT molecular complexity index is 1410. The molecule has 0 amide bonds. The number of benzene rings is 2. The monoisotopic (exact) mass is 525 g/mol. The number of allylic oxidation sites excluding steroid dienone is 3. The zero-order valence-corrected chi connectivity index (χ0v) is 23.0. The summed E-state index contributed by atoms with van der Waals surface area (Å²) in [6, 6.07) is 14.4. The van der Waals surface area contributed by atoms with Gasteiger partial charge in [0.25, 0.3) is 0 Å². The summed E-state index contributed by atoms with van der Waals surface area (Å²) >= 11 is 0. The van der Waals surface area contributed by atoms with Crippen molar-refractivity contribution in [1.82, 2.24) is 0 Å². The Morgan fingerprint density at radius 2 is 1.82 bits per heavy atom. The minimum absolute atomic E-state index is 0.0359. The Kier molecular flexibility index (Phi) is 6.52. The van der Waals surface area contributed by atoms with Crippen molar-refractivity contribution in [3.05, 3.63) is 88.3 Å². The van der Waals surface area contributed by atoms with Crippen molar-refractivity contribution in [2.45, 2.75) is 57.2 Å². The maximum atomic E-state index is 13.9. The van der Waals surface area contributed by atoms with Crippen molar-refractivity contribution >= 4 is 11.5 Å². The predicted octanol–water partition coefficient (Wildman–Crippen LogP) is 6.16. The Hall–Kier alpha value is -3.20. The Morgan fingerprint density at radius 1 is 1.08 bits per heavy atom. The molecule has 1 N–H and O–H groups in total. The quantitative estimate of drug-likeness (QED) is 0.478. The SMILES string of the molecule is CN(C)c1ccc(C2CC3CC(=O)C4=C(C(O)(C#Cc5ccc(F)cc5)CCC5CCC=C45)C3(C)CO2)cc1. The van der Waals surface area contributed by atoms with E-state index in [0.717, 1.165) is 41.7 Å². The van der Waals surface area contributed by atoms with Crippen molar-refractivity contribution < 1.29 is 19.0 Å². The largest absolute Gasteiger partial charge is 0.378 e. The van der Waals surface area contributed by atoms with Crippen LogP contribution < -0.4 is 4.90 Å². The number of rotatable bonds is 2. The minimum Gasteiger partial charge on any atom is -0.378 e. The maximum Gasteiger partial charge on any atom is 0.163 e. The average Bonchev–Trinajstić information content (AvgIpc) is 3.34. The Labute approximate surface area is 230 Å². The standard InChI is InChI=1S/C34H36FNO3/c1-33-21-39-30(24-9-13-27(14-10-24)36(2)3)20-25(33)19-29(37)31-28-6-4-5-23(28)16-18-34(38,32(31)33)17-15-22-7-11-26(35)12-8-22/h6-14,23,25,30,38H,4-5,16,18-21H2,1-3H3. The maximum absolute atomic E-state index is 13.9. The summed E-state index contributed by atoms with van der Waals surface area (Å²) in [6.07, 6.45) is 6.49. The molecule has 5 heteroatoms. The van der Waals surface area contributed by atoms with Crippen LogP contribution in [0.3, 0.4) is 0 Å². The van der Waals surface area contributed by atoms with Crippen LogP contribution in [0.25, 0.3) is 0 Å². The van der Waals surface area contributed by atoms with Crippen LogP contribution in [0, 0.1) is 34.9 Å². The van der Waals surface area contributed by atoms with Crippen LogP contribution in [0.1, 0.15) is 62.7 Å². The number of hydrogen-bond donors (Lipinski definition) is 1. The number of ether oxygens (including phenoxy) is 1. The van der Waals surface area contributed by atoms with E-state index in [0.29, 0.717) is 37.0 Å². The topological polar surface area (TPSA) is 49.8 Å². The second kappa shape index (κ2) is 9.77. The third kappa shape index (κ3) is 4.54.